The van der Waals surface area contributed by atoms with Gasteiger partial charge in [0.15, 0.2) is 12.1 Å². The Balaban J connectivity index is 1.83. The quantitative estimate of drug-likeness (QED) is 0.838. The largest absolute Gasteiger partial charge is 0.447 e. The van der Waals surface area contributed by atoms with E-state index >= 15 is 0 Å². The average molecular weight is 341 g/mol. The molecule has 1 saturated heterocycles. The van der Waals surface area contributed by atoms with Crippen molar-refractivity contribution in [2.24, 2.45) is 0 Å². The molecule has 25 heavy (non-hydrogen) atoms. The van der Waals surface area contributed by atoms with Gasteiger partial charge in [-0.1, -0.05) is 32.0 Å². The molecule has 3 rings (SSSR count). The van der Waals surface area contributed by atoms with Gasteiger partial charge in [-0.05, 0) is 25.5 Å². The molecule has 2 heterocycles. The second-order valence-electron chi connectivity index (χ2n) is 6.44. The van der Waals surface area contributed by atoms with Gasteiger partial charge in [0.05, 0.1) is 0 Å². The van der Waals surface area contributed by atoms with Crippen LogP contribution in [0.3, 0.4) is 0 Å². The van der Waals surface area contributed by atoms with Gasteiger partial charge in [0, 0.05) is 24.7 Å². The van der Waals surface area contributed by atoms with Crippen molar-refractivity contribution >= 4 is 17.5 Å². The van der Waals surface area contributed by atoms with E-state index in [1.165, 1.54) is 6.39 Å². The molecular formula is C19H23N3O3. The molecule has 1 unspecified atom stereocenters. The molecular weight excluding hydrogens is 318 g/mol. The van der Waals surface area contributed by atoms with Crippen LogP contribution in [0.2, 0.25) is 0 Å². The van der Waals surface area contributed by atoms with Crippen LogP contribution in [0.25, 0.3) is 0 Å². The summed E-state index contributed by atoms with van der Waals surface area (Å²) in [4.78, 5) is 33.3. The summed E-state index contributed by atoms with van der Waals surface area (Å²) in [6.45, 7) is 6.83. The maximum atomic E-state index is 13.0. The maximum Gasteiger partial charge on any atom is 0.276 e. The zero-order chi connectivity index (χ0) is 18.0. The number of nitrogens with zero attached hydrogens (tertiary/aromatic N) is 3. The normalized spacial score (nSPS) is 17.4. The Morgan fingerprint density at radius 2 is 2.08 bits per heavy atom. The molecule has 6 heteroatoms. The minimum absolute atomic E-state index is 0.0454. The van der Waals surface area contributed by atoms with E-state index in [0.717, 1.165) is 5.69 Å². The van der Waals surface area contributed by atoms with Gasteiger partial charge in [-0.25, -0.2) is 4.98 Å². The molecule has 0 aliphatic carbocycles. The van der Waals surface area contributed by atoms with Gasteiger partial charge in [-0.15, -0.1) is 0 Å². The molecule has 2 amide bonds. The highest BCUT2D eigenvalue weighted by Gasteiger charge is 2.39. The van der Waals surface area contributed by atoms with Crippen LogP contribution in [-0.2, 0) is 4.79 Å². The number of carbonyl (C=O) groups is 2. The van der Waals surface area contributed by atoms with Gasteiger partial charge < -0.3 is 14.2 Å². The SMILES string of the molecule is CCN(C(=O)c1ncoc1C(C)C)C1CCN(c2ccccc2)C1=O. The van der Waals surface area contributed by atoms with Crippen molar-refractivity contribution < 1.29 is 14.0 Å². The highest BCUT2D eigenvalue weighted by atomic mass is 16.3. The number of hydrogen-bond donors (Lipinski definition) is 0. The predicted molar refractivity (Wildman–Crippen MR) is 94.5 cm³/mol. The monoisotopic (exact) mass is 341 g/mol. The van der Waals surface area contributed by atoms with Crippen molar-refractivity contribution in [1.29, 1.82) is 0 Å². The third-order valence-corrected chi connectivity index (χ3v) is 4.54. The fourth-order valence-corrected chi connectivity index (χ4v) is 3.29. The first-order valence-electron chi connectivity index (χ1n) is 8.65. The van der Waals surface area contributed by atoms with Crippen molar-refractivity contribution in [3.05, 3.63) is 48.2 Å². The minimum atomic E-state index is -0.464. The Hall–Kier alpha value is -2.63. The van der Waals surface area contributed by atoms with Crippen LogP contribution in [0.15, 0.2) is 41.1 Å². The lowest BCUT2D eigenvalue weighted by molar-refractivity contribution is -0.120. The third-order valence-electron chi connectivity index (χ3n) is 4.54. The first-order valence-corrected chi connectivity index (χ1v) is 8.65. The van der Waals surface area contributed by atoms with Crippen molar-refractivity contribution in [1.82, 2.24) is 9.88 Å². The summed E-state index contributed by atoms with van der Waals surface area (Å²) in [6.07, 6.45) is 1.91. The van der Waals surface area contributed by atoms with E-state index in [-0.39, 0.29) is 17.7 Å². The Bertz CT molecular complexity index is 754. The van der Waals surface area contributed by atoms with Gasteiger partial charge in [0.2, 0.25) is 5.91 Å². The molecule has 0 radical (unpaired) electrons. The van der Waals surface area contributed by atoms with Crippen LogP contribution >= 0.6 is 0 Å². The van der Waals surface area contributed by atoms with Gasteiger partial charge >= 0.3 is 0 Å². The molecule has 0 spiro atoms. The number of aromatic nitrogens is 1. The lowest BCUT2D eigenvalue weighted by Crippen LogP contribution is -2.45. The zero-order valence-corrected chi connectivity index (χ0v) is 14.8. The van der Waals surface area contributed by atoms with Crippen molar-refractivity contribution in [3.63, 3.8) is 0 Å². The first kappa shape index (κ1) is 17.2. The van der Waals surface area contributed by atoms with Crippen LogP contribution in [0, 0.1) is 0 Å². The summed E-state index contributed by atoms with van der Waals surface area (Å²) in [5, 5.41) is 0. The summed E-state index contributed by atoms with van der Waals surface area (Å²) >= 11 is 0. The number of carbonyl (C=O) groups excluding carboxylic acids is 2. The molecule has 1 aliphatic rings. The molecule has 0 saturated carbocycles. The maximum absolute atomic E-state index is 13.0. The van der Waals surface area contributed by atoms with E-state index in [0.29, 0.717) is 31.0 Å². The highest BCUT2D eigenvalue weighted by molar-refractivity contribution is 6.03. The smallest absolute Gasteiger partial charge is 0.276 e. The van der Waals surface area contributed by atoms with E-state index in [1.807, 2.05) is 51.1 Å². The summed E-state index contributed by atoms with van der Waals surface area (Å²) < 4.78 is 5.37. The third kappa shape index (κ3) is 3.16. The minimum Gasteiger partial charge on any atom is -0.447 e. The zero-order valence-electron chi connectivity index (χ0n) is 14.8. The molecule has 6 nitrogen and oxygen atoms in total. The Kier molecular flexibility index (Phi) is 4.88. The van der Waals surface area contributed by atoms with Crippen LogP contribution < -0.4 is 4.90 Å². The van der Waals surface area contributed by atoms with E-state index in [1.54, 1.807) is 9.80 Å². The predicted octanol–water partition coefficient (Wildman–Crippen LogP) is 3.07. The summed E-state index contributed by atoms with van der Waals surface area (Å²) in [7, 11) is 0. The van der Waals surface area contributed by atoms with Gasteiger partial charge in [0.25, 0.3) is 5.91 Å². The van der Waals surface area contributed by atoms with E-state index in [2.05, 4.69) is 4.98 Å². The summed E-state index contributed by atoms with van der Waals surface area (Å²) in [5.74, 6) is 0.332. The molecule has 1 aliphatic heterocycles. The van der Waals surface area contributed by atoms with E-state index in [4.69, 9.17) is 4.42 Å². The topological polar surface area (TPSA) is 66.7 Å². The number of hydrogen-bond acceptors (Lipinski definition) is 4. The molecule has 1 aromatic heterocycles. The Labute approximate surface area is 147 Å². The Morgan fingerprint density at radius 3 is 2.72 bits per heavy atom. The molecule has 1 atom stereocenters. The second-order valence-corrected chi connectivity index (χ2v) is 6.44. The van der Waals surface area contributed by atoms with E-state index in [9.17, 15) is 9.59 Å². The van der Waals surface area contributed by atoms with Crippen molar-refractivity contribution in [2.75, 3.05) is 18.0 Å². The molecule has 0 N–H and O–H groups in total. The van der Waals surface area contributed by atoms with E-state index < -0.39 is 6.04 Å². The molecule has 132 valence electrons. The lowest BCUT2D eigenvalue weighted by atomic mass is 10.1. The fourth-order valence-electron chi connectivity index (χ4n) is 3.29. The van der Waals surface area contributed by atoms with Gasteiger partial charge in [-0.2, -0.15) is 0 Å². The standard InChI is InChI=1S/C19H23N3O3/c1-4-21(19(24)16-17(13(2)3)25-12-20-16)15-10-11-22(18(15)23)14-8-6-5-7-9-14/h5-9,12-13,15H,4,10-11H2,1-3H3. The first-order chi connectivity index (χ1) is 12.0. The number of benzene rings is 1. The lowest BCUT2D eigenvalue weighted by Gasteiger charge is -2.26. The van der Waals surface area contributed by atoms with Crippen LogP contribution in [0.1, 0.15) is 49.4 Å². The number of oxazole rings is 1. The second kappa shape index (κ2) is 7.09. The highest BCUT2D eigenvalue weighted by Crippen LogP contribution is 2.26. The summed E-state index contributed by atoms with van der Waals surface area (Å²) in [6, 6.07) is 9.09. The number of likely N-dealkylation sites (N-methyl/N-ethyl adjacent to an activating group) is 1. The van der Waals surface area contributed by atoms with Crippen molar-refractivity contribution in [3.8, 4) is 0 Å². The molecule has 1 aromatic carbocycles. The molecule has 1 fully saturated rings. The molecule has 0 bridgehead atoms. The number of rotatable bonds is 5. The molecule has 2 aromatic rings. The Morgan fingerprint density at radius 1 is 1.36 bits per heavy atom. The van der Waals surface area contributed by atoms with Crippen molar-refractivity contribution in [2.45, 2.75) is 39.2 Å². The van der Waals surface area contributed by atoms with Crippen LogP contribution in [-0.4, -0.2) is 40.8 Å². The fraction of sp³-hybridized carbons (Fsp3) is 0.421. The number of para-hydroxylation sites is 1. The van der Waals surface area contributed by atoms with Crippen LogP contribution in [0.4, 0.5) is 5.69 Å². The van der Waals surface area contributed by atoms with Gasteiger partial charge in [0.1, 0.15) is 11.8 Å². The summed E-state index contributed by atoms with van der Waals surface area (Å²) in [5.41, 5.74) is 1.17. The van der Waals surface area contributed by atoms with Crippen LogP contribution in [0.5, 0.6) is 0 Å². The van der Waals surface area contributed by atoms with Gasteiger partial charge in [-0.3, -0.25) is 9.59 Å². The number of amides is 2. The number of anilines is 1. The average Bonchev–Trinajstić information content (AvgIpc) is 3.24.